The number of hydrogen-bond donors (Lipinski definition) is 1. The number of carbonyl (C=O) groups is 2. The maximum absolute atomic E-state index is 12.7. The van der Waals surface area contributed by atoms with Gasteiger partial charge in [0.15, 0.2) is 0 Å². The van der Waals surface area contributed by atoms with Gasteiger partial charge in [-0.15, -0.1) is 0 Å². The minimum atomic E-state index is -0.553. The third-order valence-corrected chi connectivity index (χ3v) is 3.64. The van der Waals surface area contributed by atoms with Crippen LogP contribution in [0, 0.1) is 5.92 Å². The molecule has 0 unspecified atom stereocenters. The molecule has 0 radical (unpaired) electrons. The number of carbonyl (C=O) groups excluding carboxylic acids is 2. The number of ether oxygens (including phenoxy) is 3. The summed E-state index contributed by atoms with van der Waals surface area (Å²) >= 11 is 0. The summed E-state index contributed by atoms with van der Waals surface area (Å²) < 4.78 is 15.7. The van der Waals surface area contributed by atoms with Crippen LogP contribution in [0.3, 0.4) is 0 Å². The van der Waals surface area contributed by atoms with Crippen LogP contribution in [0.25, 0.3) is 0 Å². The van der Waals surface area contributed by atoms with E-state index in [4.69, 9.17) is 14.2 Å². The van der Waals surface area contributed by atoms with Gasteiger partial charge in [-0.05, 0) is 30.2 Å². The molecule has 1 N–H and O–H groups in total. The number of methoxy groups -OCH3 is 1. The van der Waals surface area contributed by atoms with Gasteiger partial charge in [0.25, 0.3) is 0 Å². The van der Waals surface area contributed by atoms with Crippen molar-refractivity contribution in [3.05, 3.63) is 54.6 Å². The zero-order valence-electron chi connectivity index (χ0n) is 16.4. The van der Waals surface area contributed by atoms with Crippen molar-refractivity contribution >= 4 is 23.6 Å². The van der Waals surface area contributed by atoms with Crippen LogP contribution in [0.4, 0.5) is 21.0 Å². The Bertz CT molecular complexity index is 764. The number of nitrogens with zero attached hydrogens (tertiary/aromatic N) is 1. The average Bonchev–Trinajstić information content (AvgIpc) is 2.68. The van der Waals surface area contributed by atoms with E-state index < -0.39 is 12.2 Å². The molecular weight excluding hydrogens is 360 g/mol. The molecule has 2 aromatic carbocycles. The Morgan fingerprint density at radius 3 is 2.50 bits per heavy atom. The molecule has 0 bridgehead atoms. The highest BCUT2D eigenvalue weighted by molar-refractivity contribution is 5.89. The molecule has 2 aromatic rings. The molecule has 28 heavy (non-hydrogen) atoms. The number of hydrogen-bond acceptors (Lipinski definition) is 5. The predicted octanol–water partition coefficient (Wildman–Crippen LogP) is 4.54. The Morgan fingerprint density at radius 2 is 1.82 bits per heavy atom. The van der Waals surface area contributed by atoms with Crippen LogP contribution < -0.4 is 15.0 Å². The van der Waals surface area contributed by atoms with E-state index in [0.29, 0.717) is 36.9 Å². The molecule has 7 heteroatoms. The summed E-state index contributed by atoms with van der Waals surface area (Å²) in [6, 6.07) is 15.8. The quantitative estimate of drug-likeness (QED) is 0.721. The topological polar surface area (TPSA) is 77.1 Å². The normalized spacial score (nSPS) is 10.4. The number of rotatable bonds is 8. The van der Waals surface area contributed by atoms with Gasteiger partial charge in [0.05, 0.1) is 19.8 Å². The highest BCUT2D eigenvalue weighted by Crippen LogP contribution is 2.20. The molecule has 0 heterocycles. The maximum Gasteiger partial charge on any atom is 0.419 e. The summed E-state index contributed by atoms with van der Waals surface area (Å²) in [5.74, 6) is 0.555. The van der Waals surface area contributed by atoms with Gasteiger partial charge in [0.1, 0.15) is 5.75 Å². The summed E-state index contributed by atoms with van der Waals surface area (Å²) in [6.07, 6.45) is -1.09. The van der Waals surface area contributed by atoms with Crippen LogP contribution in [-0.2, 0) is 9.47 Å². The monoisotopic (exact) mass is 386 g/mol. The van der Waals surface area contributed by atoms with E-state index in [2.05, 4.69) is 5.32 Å². The zero-order valence-corrected chi connectivity index (χ0v) is 16.4. The first-order chi connectivity index (χ1) is 13.5. The van der Waals surface area contributed by atoms with Crippen molar-refractivity contribution in [1.29, 1.82) is 0 Å². The number of anilines is 2. The highest BCUT2D eigenvalue weighted by atomic mass is 16.6. The van der Waals surface area contributed by atoms with Crippen LogP contribution in [0.2, 0.25) is 0 Å². The van der Waals surface area contributed by atoms with E-state index in [1.165, 1.54) is 4.90 Å². The Balaban J connectivity index is 2.04. The second-order valence-electron chi connectivity index (χ2n) is 6.49. The number of benzene rings is 2. The fourth-order valence-corrected chi connectivity index (χ4v) is 2.31. The second kappa shape index (κ2) is 10.9. The summed E-state index contributed by atoms with van der Waals surface area (Å²) in [5.41, 5.74) is 1.18. The molecule has 7 nitrogen and oxygen atoms in total. The third-order valence-electron chi connectivity index (χ3n) is 3.64. The molecule has 150 valence electrons. The predicted molar refractivity (Wildman–Crippen MR) is 108 cm³/mol. The lowest BCUT2D eigenvalue weighted by Gasteiger charge is -2.21. The van der Waals surface area contributed by atoms with Crippen LogP contribution >= 0.6 is 0 Å². The second-order valence-corrected chi connectivity index (χ2v) is 6.49. The van der Waals surface area contributed by atoms with Gasteiger partial charge in [-0.25, -0.2) is 9.59 Å². The van der Waals surface area contributed by atoms with E-state index in [1.54, 1.807) is 31.4 Å². The van der Waals surface area contributed by atoms with Crippen molar-refractivity contribution < 1.29 is 23.8 Å². The Labute approximate surface area is 165 Å². The van der Waals surface area contributed by atoms with Crippen molar-refractivity contribution in [3.8, 4) is 5.75 Å². The molecular formula is C21H26N2O5. The molecule has 0 spiro atoms. The van der Waals surface area contributed by atoms with Gasteiger partial charge in [-0.2, -0.15) is 0 Å². The lowest BCUT2D eigenvalue weighted by atomic mass is 10.2. The van der Waals surface area contributed by atoms with Crippen LogP contribution in [0.5, 0.6) is 5.75 Å². The molecule has 2 rings (SSSR count). The van der Waals surface area contributed by atoms with E-state index in [1.807, 2.05) is 44.2 Å². The van der Waals surface area contributed by atoms with E-state index in [0.717, 1.165) is 0 Å². The van der Waals surface area contributed by atoms with Gasteiger partial charge in [0, 0.05) is 24.6 Å². The van der Waals surface area contributed by atoms with Gasteiger partial charge >= 0.3 is 12.2 Å². The van der Waals surface area contributed by atoms with Gasteiger partial charge in [-0.3, -0.25) is 10.2 Å². The van der Waals surface area contributed by atoms with E-state index in [-0.39, 0.29) is 5.92 Å². The average molecular weight is 386 g/mol. The van der Waals surface area contributed by atoms with Gasteiger partial charge in [-0.1, -0.05) is 38.1 Å². The molecule has 2 amide bonds. The molecule has 0 aromatic heterocycles. The van der Waals surface area contributed by atoms with Crippen molar-refractivity contribution in [1.82, 2.24) is 0 Å². The Morgan fingerprint density at radius 1 is 1.07 bits per heavy atom. The fraction of sp³-hybridized carbons (Fsp3) is 0.333. The first kappa shape index (κ1) is 21.2. The summed E-state index contributed by atoms with van der Waals surface area (Å²) in [6.45, 7) is 4.95. The lowest BCUT2D eigenvalue weighted by Crippen LogP contribution is -2.36. The van der Waals surface area contributed by atoms with Crippen molar-refractivity contribution in [3.63, 3.8) is 0 Å². The number of para-hydroxylation sites is 1. The highest BCUT2D eigenvalue weighted by Gasteiger charge is 2.18. The number of amides is 2. The van der Waals surface area contributed by atoms with Gasteiger partial charge < -0.3 is 14.2 Å². The van der Waals surface area contributed by atoms with E-state index >= 15 is 0 Å². The third kappa shape index (κ3) is 6.92. The minimum Gasteiger partial charge on any atom is -0.449 e. The molecule has 0 aliphatic rings. The van der Waals surface area contributed by atoms with Crippen LogP contribution in [-0.4, -0.2) is 39.1 Å². The maximum atomic E-state index is 12.7. The Hall–Kier alpha value is -3.06. The van der Waals surface area contributed by atoms with Crippen molar-refractivity contribution in [2.45, 2.75) is 13.8 Å². The standard InChI is InChI=1S/C21H26N2O5/c1-16(2)15-27-20(24)22-17-8-7-11-19(14-17)28-21(25)23(12-13-26-3)18-9-5-4-6-10-18/h4-11,14,16H,12-13,15H2,1-3H3,(H,22,24). The molecule has 0 atom stereocenters. The van der Waals surface area contributed by atoms with E-state index in [9.17, 15) is 9.59 Å². The molecule has 0 fully saturated rings. The first-order valence-electron chi connectivity index (χ1n) is 9.06. The molecule has 0 aliphatic carbocycles. The van der Waals surface area contributed by atoms with Gasteiger partial charge in [0.2, 0.25) is 0 Å². The van der Waals surface area contributed by atoms with Crippen molar-refractivity contribution in [2.75, 3.05) is 37.1 Å². The lowest BCUT2D eigenvalue weighted by molar-refractivity contribution is 0.147. The van der Waals surface area contributed by atoms with Crippen LogP contribution in [0.15, 0.2) is 54.6 Å². The first-order valence-corrected chi connectivity index (χ1v) is 9.06. The fourth-order valence-electron chi connectivity index (χ4n) is 2.31. The van der Waals surface area contributed by atoms with Crippen molar-refractivity contribution in [2.24, 2.45) is 5.92 Å². The SMILES string of the molecule is COCCN(C(=O)Oc1cccc(NC(=O)OCC(C)C)c1)c1ccccc1. The number of nitrogens with one attached hydrogen (secondary N) is 1. The largest absolute Gasteiger partial charge is 0.449 e. The Kier molecular flexibility index (Phi) is 8.30. The van der Waals surface area contributed by atoms with Crippen LogP contribution in [0.1, 0.15) is 13.8 Å². The minimum absolute atomic E-state index is 0.245. The summed E-state index contributed by atoms with van der Waals surface area (Å²) in [5, 5.41) is 2.62. The molecule has 0 saturated carbocycles. The zero-order chi connectivity index (χ0) is 20.4. The smallest absolute Gasteiger partial charge is 0.419 e. The molecule has 0 aliphatic heterocycles. The summed E-state index contributed by atoms with van der Waals surface area (Å²) in [7, 11) is 1.57. The summed E-state index contributed by atoms with van der Waals surface area (Å²) in [4.78, 5) is 26.0. The molecule has 0 saturated heterocycles.